The fraction of sp³-hybridized carbons (Fsp3) is 0.357. The molecule has 0 aliphatic heterocycles. The SMILES string of the molecule is CN(C)c1ncnc(C2CC2)c1-c1ncc2cn[nH]c2n1. The molecule has 0 radical (unpaired) electrons. The zero-order valence-electron chi connectivity index (χ0n) is 11.9. The normalized spacial score (nSPS) is 14.6. The lowest BCUT2D eigenvalue weighted by molar-refractivity contribution is 0.953. The maximum atomic E-state index is 4.58. The minimum atomic E-state index is 0.503. The van der Waals surface area contributed by atoms with Crippen LogP contribution in [-0.2, 0) is 0 Å². The Bertz CT molecular complexity index is 784. The Morgan fingerprint density at radius 3 is 2.76 bits per heavy atom. The number of fused-ring (bicyclic) bond motifs is 1. The molecule has 1 aliphatic rings. The zero-order chi connectivity index (χ0) is 14.4. The van der Waals surface area contributed by atoms with Gasteiger partial charge in [-0.25, -0.2) is 19.9 Å². The summed E-state index contributed by atoms with van der Waals surface area (Å²) in [6.45, 7) is 0. The van der Waals surface area contributed by atoms with E-state index in [1.54, 1.807) is 18.7 Å². The van der Waals surface area contributed by atoms with Crippen LogP contribution in [0.2, 0.25) is 0 Å². The summed E-state index contributed by atoms with van der Waals surface area (Å²) in [6.07, 6.45) is 7.47. The number of hydrogen-bond acceptors (Lipinski definition) is 6. The van der Waals surface area contributed by atoms with Crippen molar-refractivity contribution in [3.05, 3.63) is 24.4 Å². The molecule has 0 spiro atoms. The van der Waals surface area contributed by atoms with Crippen LogP contribution in [0.3, 0.4) is 0 Å². The van der Waals surface area contributed by atoms with Crippen LogP contribution in [0.15, 0.2) is 18.7 Å². The highest BCUT2D eigenvalue weighted by molar-refractivity contribution is 5.79. The first-order chi connectivity index (χ1) is 10.2. The van der Waals surface area contributed by atoms with Crippen LogP contribution in [0.4, 0.5) is 5.82 Å². The molecule has 106 valence electrons. The van der Waals surface area contributed by atoms with Crippen molar-refractivity contribution in [2.45, 2.75) is 18.8 Å². The molecular weight excluding hydrogens is 266 g/mol. The van der Waals surface area contributed by atoms with Gasteiger partial charge >= 0.3 is 0 Å². The number of anilines is 1. The predicted octanol–water partition coefficient (Wildman–Crippen LogP) is 1.75. The van der Waals surface area contributed by atoms with Gasteiger partial charge in [0.2, 0.25) is 0 Å². The monoisotopic (exact) mass is 281 g/mol. The molecular formula is C14H15N7. The average Bonchev–Trinajstić information content (AvgIpc) is 3.23. The first-order valence-electron chi connectivity index (χ1n) is 6.92. The highest BCUT2D eigenvalue weighted by Gasteiger charge is 2.31. The summed E-state index contributed by atoms with van der Waals surface area (Å²) in [6, 6.07) is 0. The number of H-pyrrole nitrogens is 1. The highest BCUT2D eigenvalue weighted by atomic mass is 15.2. The van der Waals surface area contributed by atoms with Crippen molar-refractivity contribution in [1.82, 2.24) is 30.1 Å². The molecule has 0 atom stereocenters. The number of nitrogens with one attached hydrogen (secondary N) is 1. The van der Waals surface area contributed by atoms with Gasteiger partial charge in [-0.1, -0.05) is 0 Å². The fourth-order valence-corrected chi connectivity index (χ4v) is 2.47. The van der Waals surface area contributed by atoms with Crippen molar-refractivity contribution >= 4 is 16.9 Å². The molecule has 1 N–H and O–H groups in total. The van der Waals surface area contributed by atoms with Crippen LogP contribution in [0, 0.1) is 0 Å². The van der Waals surface area contributed by atoms with Crippen LogP contribution >= 0.6 is 0 Å². The van der Waals surface area contributed by atoms with Gasteiger partial charge in [0, 0.05) is 26.2 Å². The summed E-state index contributed by atoms with van der Waals surface area (Å²) >= 11 is 0. The van der Waals surface area contributed by atoms with E-state index in [0.29, 0.717) is 11.7 Å². The second-order valence-electron chi connectivity index (χ2n) is 5.49. The quantitative estimate of drug-likeness (QED) is 0.787. The first-order valence-corrected chi connectivity index (χ1v) is 6.92. The van der Waals surface area contributed by atoms with E-state index in [1.807, 2.05) is 19.0 Å². The van der Waals surface area contributed by atoms with Gasteiger partial charge in [0.05, 0.1) is 22.8 Å². The van der Waals surface area contributed by atoms with E-state index >= 15 is 0 Å². The Hall–Kier alpha value is -2.57. The van der Waals surface area contributed by atoms with E-state index in [4.69, 9.17) is 0 Å². The summed E-state index contributed by atoms with van der Waals surface area (Å²) in [5, 5.41) is 7.78. The van der Waals surface area contributed by atoms with Crippen LogP contribution in [0.25, 0.3) is 22.4 Å². The molecule has 0 aromatic carbocycles. The first kappa shape index (κ1) is 12.2. The molecule has 3 aromatic heterocycles. The van der Waals surface area contributed by atoms with Gasteiger partial charge in [-0.2, -0.15) is 5.10 Å². The van der Waals surface area contributed by atoms with Crippen LogP contribution in [0.5, 0.6) is 0 Å². The lowest BCUT2D eigenvalue weighted by atomic mass is 10.1. The molecule has 7 heteroatoms. The Morgan fingerprint density at radius 2 is 2.00 bits per heavy atom. The van der Waals surface area contributed by atoms with Crippen molar-refractivity contribution in [1.29, 1.82) is 0 Å². The minimum absolute atomic E-state index is 0.503. The molecule has 1 aliphatic carbocycles. The summed E-state index contributed by atoms with van der Waals surface area (Å²) in [7, 11) is 3.94. The molecule has 3 aromatic rings. The molecule has 1 saturated carbocycles. The third kappa shape index (κ3) is 2.01. The van der Waals surface area contributed by atoms with E-state index in [1.165, 1.54) is 12.8 Å². The molecule has 3 heterocycles. The van der Waals surface area contributed by atoms with Crippen LogP contribution < -0.4 is 4.90 Å². The molecule has 0 amide bonds. The topological polar surface area (TPSA) is 83.5 Å². The highest BCUT2D eigenvalue weighted by Crippen LogP contribution is 2.44. The number of nitrogens with zero attached hydrogens (tertiary/aromatic N) is 6. The number of rotatable bonds is 3. The Kier molecular flexibility index (Phi) is 2.60. The van der Waals surface area contributed by atoms with Gasteiger partial charge in [0.25, 0.3) is 0 Å². The molecule has 1 fully saturated rings. The standard InChI is InChI=1S/C14H15N7/c1-21(2)14-10(11(8-3-4-8)16-7-17-14)13-15-5-9-6-18-20-12(9)19-13/h5-8H,3-4H2,1-2H3,(H,15,18,19,20). The molecule has 0 saturated heterocycles. The lowest BCUT2D eigenvalue weighted by Gasteiger charge is -2.17. The predicted molar refractivity (Wildman–Crippen MR) is 79.0 cm³/mol. The molecule has 7 nitrogen and oxygen atoms in total. The third-order valence-corrected chi connectivity index (χ3v) is 3.66. The van der Waals surface area contributed by atoms with Gasteiger partial charge in [0.1, 0.15) is 12.1 Å². The second kappa shape index (κ2) is 4.47. The lowest BCUT2D eigenvalue weighted by Crippen LogP contribution is -2.14. The fourth-order valence-electron chi connectivity index (χ4n) is 2.47. The van der Waals surface area contributed by atoms with Crippen molar-refractivity contribution in [3.8, 4) is 11.4 Å². The van der Waals surface area contributed by atoms with Crippen molar-refractivity contribution in [2.24, 2.45) is 0 Å². The van der Waals surface area contributed by atoms with E-state index in [0.717, 1.165) is 28.1 Å². The molecule has 0 unspecified atom stereocenters. The Morgan fingerprint density at radius 1 is 1.14 bits per heavy atom. The van der Waals surface area contributed by atoms with E-state index in [2.05, 4.69) is 30.1 Å². The third-order valence-electron chi connectivity index (χ3n) is 3.66. The van der Waals surface area contributed by atoms with Crippen molar-refractivity contribution < 1.29 is 0 Å². The molecule has 4 rings (SSSR count). The van der Waals surface area contributed by atoms with Crippen LogP contribution in [0.1, 0.15) is 24.5 Å². The second-order valence-corrected chi connectivity index (χ2v) is 5.49. The average molecular weight is 281 g/mol. The van der Waals surface area contributed by atoms with E-state index in [9.17, 15) is 0 Å². The Labute approximate surface area is 121 Å². The maximum absolute atomic E-state index is 4.58. The summed E-state index contributed by atoms with van der Waals surface area (Å²) < 4.78 is 0. The molecule has 21 heavy (non-hydrogen) atoms. The zero-order valence-corrected chi connectivity index (χ0v) is 11.9. The number of aromatic amines is 1. The number of aromatic nitrogens is 6. The van der Waals surface area contributed by atoms with Gasteiger partial charge in [-0.05, 0) is 12.8 Å². The number of hydrogen-bond donors (Lipinski definition) is 1. The van der Waals surface area contributed by atoms with Crippen molar-refractivity contribution in [2.75, 3.05) is 19.0 Å². The van der Waals surface area contributed by atoms with Gasteiger partial charge in [0.15, 0.2) is 11.5 Å². The molecule has 0 bridgehead atoms. The van der Waals surface area contributed by atoms with E-state index < -0.39 is 0 Å². The van der Waals surface area contributed by atoms with Crippen LogP contribution in [-0.4, -0.2) is 44.2 Å². The van der Waals surface area contributed by atoms with Gasteiger partial charge < -0.3 is 4.90 Å². The smallest absolute Gasteiger partial charge is 0.167 e. The summed E-state index contributed by atoms with van der Waals surface area (Å²) in [4.78, 5) is 19.9. The summed E-state index contributed by atoms with van der Waals surface area (Å²) in [5.74, 6) is 2.01. The Balaban J connectivity index is 1.96. The largest absolute Gasteiger partial charge is 0.362 e. The summed E-state index contributed by atoms with van der Waals surface area (Å²) in [5.41, 5.74) is 2.71. The van der Waals surface area contributed by atoms with Gasteiger partial charge in [-0.15, -0.1) is 0 Å². The van der Waals surface area contributed by atoms with Crippen molar-refractivity contribution in [3.63, 3.8) is 0 Å². The minimum Gasteiger partial charge on any atom is -0.362 e. The van der Waals surface area contributed by atoms with Gasteiger partial charge in [-0.3, -0.25) is 5.10 Å². The maximum Gasteiger partial charge on any atom is 0.167 e. The van der Waals surface area contributed by atoms with E-state index in [-0.39, 0.29) is 0 Å².